The molecule has 1 N–H and O–H groups in total. The van der Waals surface area contributed by atoms with Crippen molar-refractivity contribution >= 4 is 16.7 Å². The van der Waals surface area contributed by atoms with Crippen molar-refractivity contribution in [2.45, 2.75) is 25.4 Å². The fourth-order valence-electron chi connectivity index (χ4n) is 3.01. The van der Waals surface area contributed by atoms with E-state index in [9.17, 15) is 9.90 Å². The molecular weight excluding hydrogens is 250 g/mol. The van der Waals surface area contributed by atoms with Gasteiger partial charge in [0.05, 0.1) is 18.7 Å². The third-order valence-electron chi connectivity index (χ3n) is 3.99. The molecule has 0 spiro atoms. The van der Waals surface area contributed by atoms with Gasteiger partial charge in [-0.2, -0.15) is 0 Å². The molecular formula is C17H19NO2. The molecule has 0 bridgehead atoms. The van der Waals surface area contributed by atoms with Gasteiger partial charge in [0, 0.05) is 5.56 Å². The summed E-state index contributed by atoms with van der Waals surface area (Å²) in [6.07, 6.45) is 1.69. The number of benzene rings is 2. The van der Waals surface area contributed by atoms with E-state index in [1.54, 1.807) is 4.90 Å². The lowest BCUT2D eigenvalue weighted by atomic mass is 9.88. The van der Waals surface area contributed by atoms with Crippen LogP contribution >= 0.6 is 0 Å². The Bertz CT molecular complexity index is 639. The minimum Gasteiger partial charge on any atom is -0.386 e. The van der Waals surface area contributed by atoms with E-state index in [1.165, 1.54) is 0 Å². The van der Waals surface area contributed by atoms with Crippen LogP contribution in [-0.4, -0.2) is 34.6 Å². The summed E-state index contributed by atoms with van der Waals surface area (Å²) < 4.78 is 0. The van der Waals surface area contributed by atoms with Gasteiger partial charge in [0.15, 0.2) is 0 Å². The molecule has 0 radical (unpaired) electrons. The summed E-state index contributed by atoms with van der Waals surface area (Å²) in [6.45, 7) is 2.94. The highest BCUT2D eigenvalue weighted by atomic mass is 16.3. The lowest BCUT2D eigenvalue weighted by Crippen LogP contribution is -2.63. The van der Waals surface area contributed by atoms with Crippen LogP contribution in [0, 0.1) is 0 Å². The molecule has 3 nitrogen and oxygen atoms in total. The maximum Gasteiger partial charge on any atom is 0.254 e. The molecule has 1 saturated heterocycles. The topological polar surface area (TPSA) is 40.5 Å². The van der Waals surface area contributed by atoms with Gasteiger partial charge in [0.1, 0.15) is 0 Å². The standard InChI is InChI=1S/C17H19NO2/c1-2-10-17(20)11-18(12-17)16(19)15-9-5-7-13-6-3-4-8-14(13)15/h3-9,20H,2,10-12H2,1H3. The van der Waals surface area contributed by atoms with Crippen LogP contribution in [0.4, 0.5) is 0 Å². The molecule has 2 aromatic carbocycles. The number of aliphatic hydroxyl groups is 1. The maximum atomic E-state index is 12.5. The summed E-state index contributed by atoms with van der Waals surface area (Å²) in [6, 6.07) is 13.7. The zero-order chi connectivity index (χ0) is 14.2. The number of carbonyl (C=O) groups is 1. The molecule has 1 fully saturated rings. The van der Waals surface area contributed by atoms with Crippen molar-refractivity contribution in [2.75, 3.05) is 13.1 Å². The predicted octanol–water partition coefficient (Wildman–Crippen LogP) is 2.83. The van der Waals surface area contributed by atoms with Gasteiger partial charge in [-0.25, -0.2) is 0 Å². The average Bonchev–Trinajstić information content (AvgIpc) is 2.43. The first-order chi connectivity index (χ1) is 9.63. The van der Waals surface area contributed by atoms with Crippen LogP contribution in [0.5, 0.6) is 0 Å². The number of hydrogen-bond acceptors (Lipinski definition) is 2. The van der Waals surface area contributed by atoms with E-state index >= 15 is 0 Å². The van der Waals surface area contributed by atoms with Crippen LogP contribution in [0.3, 0.4) is 0 Å². The number of hydrogen-bond donors (Lipinski definition) is 1. The SMILES string of the molecule is CCCC1(O)CN(C(=O)c2cccc3ccccc23)C1. The van der Waals surface area contributed by atoms with Crippen LogP contribution in [0.15, 0.2) is 42.5 Å². The number of nitrogens with zero attached hydrogens (tertiary/aromatic N) is 1. The molecule has 0 unspecified atom stereocenters. The summed E-state index contributed by atoms with van der Waals surface area (Å²) in [5, 5.41) is 12.2. The summed E-state index contributed by atoms with van der Waals surface area (Å²) in [5.74, 6) is 0.0163. The number of β-amino-alcohol motifs (C(OH)–C–C–N with tert-alkyl or cyclic N) is 1. The molecule has 1 heterocycles. The zero-order valence-electron chi connectivity index (χ0n) is 11.7. The molecule has 0 atom stereocenters. The highest BCUT2D eigenvalue weighted by Crippen LogP contribution is 2.29. The Hall–Kier alpha value is -1.87. The number of likely N-dealkylation sites (tertiary alicyclic amines) is 1. The van der Waals surface area contributed by atoms with Gasteiger partial charge in [-0.1, -0.05) is 49.7 Å². The Morgan fingerprint density at radius 3 is 2.65 bits per heavy atom. The van der Waals surface area contributed by atoms with Gasteiger partial charge in [-0.05, 0) is 23.3 Å². The monoisotopic (exact) mass is 269 g/mol. The molecule has 1 aliphatic heterocycles. The molecule has 1 amide bonds. The quantitative estimate of drug-likeness (QED) is 0.930. The third-order valence-corrected chi connectivity index (χ3v) is 3.99. The molecule has 0 aliphatic carbocycles. The van der Waals surface area contributed by atoms with Crippen LogP contribution in [0.1, 0.15) is 30.1 Å². The largest absolute Gasteiger partial charge is 0.386 e. The first kappa shape index (κ1) is 13.1. The minimum atomic E-state index is -0.672. The summed E-state index contributed by atoms with van der Waals surface area (Å²) in [7, 11) is 0. The molecule has 0 aromatic heterocycles. The van der Waals surface area contributed by atoms with Gasteiger partial charge < -0.3 is 10.0 Å². The Morgan fingerprint density at radius 1 is 1.20 bits per heavy atom. The fourth-order valence-corrected chi connectivity index (χ4v) is 3.01. The number of carbonyl (C=O) groups excluding carboxylic acids is 1. The summed E-state index contributed by atoms with van der Waals surface area (Å²) in [4.78, 5) is 14.3. The van der Waals surface area contributed by atoms with Crippen molar-refractivity contribution < 1.29 is 9.90 Å². The van der Waals surface area contributed by atoms with Gasteiger partial charge in [-0.15, -0.1) is 0 Å². The minimum absolute atomic E-state index is 0.0163. The van der Waals surface area contributed by atoms with Crippen molar-refractivity contribution in [2.24, 2.45) is 0 Å². The Balaban J connectivity index is 1.84. The van der Waals surface area contributed by atoms with Gasteiger partial charge >= 0.3 is 0 Å². The van der Waals surface area contributed by atoms with E-state index in [2.05, 4.69) is 0 Å². The van der Waals surface area contributed by atoms with E-state index < -0.39 is 5.60 Å². The van der Waals surface area contributed by atoms with Gasteiger partial charge in [0.25, 0.3) is 5.91 Å². The fraction of sp³-hybridized carbons (Fsp3) is 0.353. The van der Waals surface area contributed by atoms with E-state index in [0.29, 0.717) is 13.1 Å². The highest BCUT2D eigenvalue weighted by molar-refractivity contribution is 6.07. The average molecular weight is 269 g/mol. The summed E-state index contributed by atoms with van der Waals surface area (Å²) >= 11 is 0. The predicted molar refractivity (Wildman–Crippen MR) is 79.7 cm³/mol. The molecule has 2 aromatic rings. The van der Waals surface area contributed by atoms with E-state index in [0.717, 1.165) is 29.2 Å². The van der Waals surface area contributed by atoms with E-state index in [4.69, 9.17) is 0 Å². The normalized spacial score (nSPS) is 17.0. The number of amides is 1. The van der Waals surface area contributed by atoms with Crippen molar-refractivity contribution in [3.05, 3.63) is 48.0 Å². The van der Waals surface area contributed by atoms with Crippen LogP contribution < -0.4 is 0 Å². The highest BCUT2D eigenvalue weighted by Gasteiger charge is 2.43. The van der Waals surface area contributed by atoms with Crippen LogP contribution in [-0.2, 0) is 0 Å². The Labute approximate surface area is 118 Å². The third kappa shape index (κ3) is 2.18. The first-order valence-corrected chi connectivity index (χ1v) is 7.12. The van der Waals surface area contributed by atoms with Crippen molar-refractivity contribution in [3.63, 3.8) is 0 Å². The van der Waals surface area contributed by atoms with Crippen molar-refractivity contribution in [1.82, 2.24) is 4.90 Å². The molecule has 20 heavy (non-hydrogen) atoms. The maximum absolute atomic E-state index is 12.5. The van der Waals surface area contributed by atoms with Gasteiger partial charge in [-0.3, -0.25) is 4.79 Å². The molecule has 1 aliphatic rings. The Kier molecular flexibility index (Phi) is 3.22. The zero-order valence-corrected chi connectivity index (χ0v) is 11.7. The summed E-state index contributed by atoms with van der Waals surface area (Å²) in [5.41, 5.74) is 0.0521. The van der Waals surface area contributed by atoms with Crippen molar-refractivity contribution in [3.8, 4) is 0 Å². The first-order valence-electron chi connectivity index (χ1n) is 7.12. The van der Waals surface area contributed by atoms with E-state index in [1.807, 2.05) is 49.4 Å². The number of rotatable bonds is 3. The Morgan fingerprint density at radius 2 is 1.90 bits per heavy atom. The second-order valence-corrected chi connectivity index (χ2v) is 5.66. The molecule has 104 valence electrons. The van der Waals surface area contributed by atoms with Crippen molar-refractivity contribution in [1.29, 1.82) is 0 Å². The molecule has 3 heteroatoms. The van der Waals surface area contributed by atoms with Gasteiger partial charge in [0.2, 0.25) is 0 Å². The van der Waals surface area contributed by atoms with E-state index in [-0.39, 0.29) is 5.91 Å². The number of fused-ring (bicyclic) bond motifs is 1. The molecule has 3 rings (SSSR count). The molecule has 0 saturated carbocycles. The van der Waals surface area contributed by atoms with Crippen LogP contribution in [0.25, 0.3) is 10.8 Å². The second-order valence-electron chi connectivity index (χ2n) is 5.66. The lowest BCUT2D eigenvalue weighted by Gasteiger charge is -2.46. The van der Waals surface area contributed by atoms with Crippen LogP contribution in [0.2, 0.25) is 0 Å². The second kappa shape index (κ2) is 4.91. The lowest BCUT2D eigenvalue weighted by molar-refractivity contribution is -0.0859. The smallest absolute Gasteiger partial charge is 0.254 e.